The SMILES string of the molecule is CCCC/C=C\CCCCCCCC(=O)OC(CCCCCCCCCCCCCC)CCCCC(=O)O. The van der Waals surface area contributed by atoms with Crippen LogP contribution in [0, 0.1) is 0 Å². The highest BCUT2D eigenvalue weighted by Crippen LogP contribution is 2.18. The van der Waals surface area contributed by atoms with Crippen LogP contribution in [0.3, 0.4) is 0 Å². The molecule has 0 aliphatic heterocycles. The van der Waals surface area contributed by atoms with Gasteiger partial charge in [-0.1, -0.05) is 129 Å². The highest BCUT2D eigenvalue weighted by molar-refractivity contribution is 5.69. The number of rotatable bonds is 30. The van der Waals surface area contributed by atoms with Crippen LogP contribution in [0.4, 0.5) is 0 Å². The lowest BCUT2D eigenvalue weighted by molar-refractivity contribution is -0.150. The first kappa shape index (κ1) is 36.7. The monoisotopic (exact) mass is 536 g/mol. The average molecular weight is 537 g/mol. The van der Waals surface area contributed by atoms with Gasteiger partial charge in [0.25, 0.3) is 0 Å². The summed E-state index contributed by atoms with van der Waals surface area (Å²) in [6.45, 7) is 4.50. The smallest absolute Gasteiger partial charge is 0.306 e. The lowest BCUT2D eigenvalue weighted by Gasteiger charge is -2.18. The minimum Gasteiger partial charge on any atom is -0.481 e. The van der Waals surface area contributed by atoms with E-state index in [4.69, 9.17) is 9.84 Å². The zero-order valence-electron chi connectivity index (χ0n) is 25.5. The maximum Gasteiger partial charge on any atom is 0.306 e. The van der Waals surface area contributed by atoms with Crippen molar-refractivity contribution in [1.29, 1.82) is 0 Å². The number of aliphatic carboxylic acids is 1. The third-order valence-corrected chi connectivity index (χ3v) is 7.49. The van der Waals surface area contributed by atoms with E-state index < -0.39 is 5.97 Å². The number of carbonyl (C=O) groups is 2. The van der Waals surface area contributed by atoms with Crippen LogP contribution >= 0.6 is 0 Å². The average Bonchev–Trinajstić information content (AvgIpc) is 2.90. The van der Waals surface area contributed by atoms with Gasteiger partial charge in [-0.05, 0) is 57.8 Å². The fraction of sp³-hybridized carbons (Fsp3) is 0.882. The summed E-state index contributed by atoms with van der Waals surface area (Å²) in [4.78, 5) is 23.3. The van der Waals surface area contributed by atoms with Crippen molar-refractivity contribution in [2.24, 2.45) is 0 Å². The quantitative estimate of drug-likeness (QED) is 0.0563. The van der Waals surface area contributed by atoms with E-state index in [-0.39, 0.29) is 18.5 Å². The van der Waals surface area contributed by atoms with Crippen molar-refractivity contribution in [3.05, 3.63) is 12.2 Å². The summed E-state index contributed by atoms with van der Waals surface area (Å²) in [5, 5.41) is 8.89. The minimum atomic E-state index is -0.744. The number of unbranched alkanes of at least 4 members (excludes halogenated alkanes) is 19. The van der Waals surface area contributed by atoms with E-state index >= 15 is 0 Å². The standard InChI is InChI=1S/C34H64O4/c1-3-5-7-9-11-13-15-17-18-20-22-24-28-32(29-26-27-30-33(35)36)38-34(37)31-25-23-21-19-16-14-12-10-8-6-4-2/h10,12,32H,3-9,11,13-31H2,1-2H3,(H,35,36)/b12-10-. The molecule has 0 aromatic carbocycles. The fourth-order valence-corrected chi connectivity index (χ4v) is 4.99. The van der Waals surface area contributed by atoms with Crippen molar-refractivity contribution in [3.8, 4) is 0 Å². The molecule has 0 aliphatic rings. The summed E-state index contributed by atoms with van der Waals surface area (Å²) < 4.78 is 5.85. The van der Waals surface area contributed by atoms with Crippen molar-refractivity contribution in [3.63, 3.8) is 0 Å². The summed E-state index contributed by atoms with van der Waals surface area (Å²) in [5.74, 6) is -0.807. The van der Waals surface area contributed by atoms with Crippen LogP contribution < -0.4 is 0 Å². The largest absolute Gasteiger partial charge is 0.481 e. The molecular weight excluding hydrogens is 472 g/mol. The van der Waals surface area contributed by atoms with Crippen molar-refractivity contribution in [2.45, 2.75) is 193 Å². The lowest BCUT2D eigenvalue weighted by Crippen LogP contribution is -2.18. The van der Waals surface area contributed by atoms with Crippen molar-refractivity contribution in [2.75, 3.05) is 0 Å². The third kappa shape index (κ3) is 29.2. The van der Waals surface area contributed by atoms with Gasteiger partial charge in [0.2, 0.25) is 0 Å². The predicted molar refractivity (Wildman–Crippen MR) is 163 cm³/mol. The van der Waals surface area contributed by atoms with Gasteiger partial charge in [-0.15, -0.1) is 0 Å². The van der Waals surface area contributed by atoms with Crippen LogP contribution in [0.5, 0.6) is 0 Å². The molecule has 1 N–H and O–H groups in total. The molecule has 224 valence electrons. The molecule has 0 aromatic rings. The number of hydrogen-bond acceptors (Lipinski definition) is 3. The van der Waals surface area contributed by atoms with Crippen LogP contribution in [0.2, 0.25) is 0 Å². The van der Waals surface area contributed by atoms with Gasteiger partial charge in [0.1, 0.15) is 6.10 Å². The topological polar surface area (TPSA) is 63.6 Å². The molecule has 0 fully saturated rings. The van der Waals surface area contributed by atoms with E-state index in [0.717, 1.165) is 38.5 Å². The minimum absolute atomic E-state index is 0.0427. The van der Waals surface area contributed by atoms with E-state index in [2.05, 4.69) is 26.0 Å². The number of carboxylic acids is 1. The highest BCUT2D eigenvalue weighted by Gasteiger charge is 2.14. The van der Waals surface area contributed by atoms with E-state index in [0.29, 0.717) is 12.8 Å². The molecule has 4 nitrogen and oxygen atoms in total. The van der Waals surface area contributed by atoms with Crippen LogP contribution in [0.25, 0.3) is 0 Å². The second kappa shape index (κ2) is 30.2. The first-order valence-corrected chi connectivity index (χ1v) is 16.7. The molecule has 1 atom stereocenters. The Morgan fingerprint density at radius 1 is 0.553 bits per heavy atom. The van der Waals surface area contributed by atoms with Crippen LogP contribution in [0.1, 0.15) is 187 Å². The molecule has 0 aliphatic carbocycles. The number of hydrogen-bond donors (Lipinski definition) is 1. The molecule has 0 bridgehead atoms. The van der Waals surface area contributed by atoms with Gasteiger partial charge >= 0.3 is 11.9 Å². The zero-order valence-corrected chi connectivity index (χ0v) is 25.5. The maximum absolute atomic E-state index is 12.4. The Bertz CT molecular complexity index is 543. The molecule has 0 aromatic heterocycles. The first-order valence-electron chi connectivity index (χ1n) is 16.7. The molecule has 4 heteroatoms. The molecule has 0 heterocycles. The van der Waals surface area contributed by atoms with Crippen LogP contribution in [-0.4, -0.2) is 23.1 Å². The summed E-state index contributed by atoms with van der Waals surface area (Å²) in [6.07, 6.45) is 35.0. The molecule has 38 heavy (non-hydrogen) atoms. The Balaban J connectivity index is 3.94. The number of carboxylic acid groups (broad SMARTS) is 1. The Morgan fingerprint density at radius 2 is 0.974 bits per heavy atom. The van der Waals surface area contributed by atoms with Crippen molar-refractivity contribution in [1.82, 2.24) is 0 Å². The van der Waals surface area contributed by atoms with Crippen molar-refractivity contribution >= 4 is 11.9 Å². The van der Waals surface area contributed by atoms with Gasteiger partial charge in [0.15, 0.2) is 0 Å². The third-order valence-electron chi connectivity index (χ3n) is 7.49. The summed E-state index contributed by atoms with van der Waals surface area (Å²) in [7, 11) is 0. The molecule has 0 spiro atoms. The molecule has 0 saturated carbocycles. The van der Waals surface area contributed by atoms with Gasteiger partial charge in [-0.3, -0.25) is 9.59 Å². The van der Waals surface area contributed by atoms with Gasteiger partial charge in [-0.2, -0.15) is 0 Å². The van der Waals surface area contributed by atoms with Crippen LogP contribution in [0.15, 0.2) is 12.2 Å². The van der Waals surface area contributed by atoms with E-state index in [1.165, 1.54) is 116 Å². The first-order chi connectivity index (χ1) is 18.6. The van der Waals surface area contributed by atoms with E-state index in [9.17, 15) is 9.59 Å². The molecule has 0 rings (SSSR count). The van der Waals surface area contributed by atoms with Gasteiger partial charge in [-0.25, -0.2) is 0 Å². The Hall–Kier alpha value is -1.32. The van der Waals surface area contributed by atoms with E-state index in [1.54, 1.807) is 0 Å². The Morgan fingerprint density at radius 3 is 1.53 bits per heavy atom. The zero-order chi connectivity index (χ0) is 27.9. The molecular formula is C34H64O4. The van der Waals surface area contributed by atoms with E-state index in [1.807, 2.05) is 0 Å². The normalized spacial score (nSPS) is 12.3. The maximum atomic E-state index is 12.4. The van der Waals surface area contributed by atoms with Gasteiger partial charge in [0.05, 0.1) is 0 Å². The fourth-order valence-electron chi connectivity index (χ4n) is 4.99. The van der Waals surface area contributed by atoms with Gasteiger partial charge < -0.3 is 9.84 Å². The number of carbonyl (C=O) groups excluding carboxylic acids is 1. The Kier molecular flexibility index (Phi) is 29.2. The second-order valence-corrected chi connectivity index (χ2v) is 11.3. The number of esters is 1. The number of allylic oxidation sites excluding steroid dienone is 2. The molecule has 0 radical (unpaired) electrons. The second-order valence-electron chi connectivity index (χ2n) is 11.3. The summed E-state index contributed by atoms with van der Waals surface area (Å²) >= 11 is 0. The number of ether oxygens (including phenoxy) is 1. The molecule has 1 unspecified atom stereocenters. The lowest BCUT2D eigenvalue weighted by atomic mass is 10.0. The molecule has 0 amide bonds. The van der Waals surface area contributed by atoms with Crippen LogP contribution in [-0.2, 0) is 14.3 Å². The predicted octanol–water partition coefficient (Wildman–Crippen LogP) is 11.1. The highest BCUT2D eigenvalue weighted by atomic mass is 16.5. The summed E-state index contributed by atoms with van der Waals surface area (Å²) in [5.41, 5.74) is 0. The summed E-state index contributed by atoms with van der Waals surface area (Å²) in [6, 6.07) is 0. The van der Waals surface area contributed by atoms with Gasteiger partial charge in [0, 0.05) is 12.8 Å². The van der Waals surface area contributed by atoms with Crippen molar-refractivity contribution < 1.29 is 19.4 Å². The Labute approximate surface area is 236 Å². The molecule has 0 saturated heterocycles.